The maximum atomic E-state index is 5.67. The molecule has 0 aliphatic carbocycles. The summed E-state index contributed by atoms with van der Waals surface area (Å²) in [5.74, 6) is 3.56. The molecule has 4 heteroatoms. The summed E-state index contributed by atoms with van der Waals surface area (Å²) in [6.07, 6.45) is 0.956. The van der Waals surface area contributed by atoms with Crippen molar-refractivity contribution in [2.45, 2.75) is 18.2 Å². The maximum absolute atomic E-state index is 5.67. The molecule has 0 saturated carbocycles. The summed E-state index contributed by atoms with van der Waals surface area (Å²) in [6, 6.07) is 6.22. The molecule has 94 valence electrons. The van der Waals surface area contributed by atoms with Crippen LogP contribution in [-0.2, 0) is 0 Å². The smallest absolute Gasteiger partial charge is 0.162 e. The van der Waals surface area contributed by atoms with E-state index >= 15 is 0 Å². The molecule has 0 amide bonds. The highest BCUT2D eigenvalue weighted by Crippen LogP contribution is 2.34. The number of benzene rings is 1. The normalized spacial score (nSPS) is 16.4. The zero-order valence-electron chi connectivity index (χ0n) is 9.95. The highest BCUT2D eigenvalue weighted by molar-refractivity contribution is 9.09. The molecule has 1 aromatic carbocycles. The molecule has 1 aliphatic rings. The molecule has 0 spiro atoms. The Morgan fingerprint density at radius 2 is 2.06 bits per heavy atom. The summed E-state index contributed by atoms with van der Waals surface area (Å²) in [7, 11) is 0. The summed E-state index contributed by atoms with van der Waals surface area (Å²) in [5.41, 5.74) is 0. The average molecular weight is 317 g/mol. The second-order valence-corrected chi connectivity index (χ2v) is 5.97. The minimum Gasteiger partial charge on any atom is -0.490 e. The molecule has 2 nitrogen and oxygen atoms in total. The number of hydrogen-bond acceptors (Lipinski definition) is 3. The van der Waals surface area contributed by atoms with Gasteiger partial charge in [0.1, 0.15) is 0 Å². The lowest BCUT2D eigenvalue weighted by molar-refractivity contribution is 0.297. The van der Waals surface area contributed by atoms with Gasteiger partial charge in [-0.1, -0.05) is 22.9 Å². The van der Waals surface area contributed by atoms with E-state index in [1.165, 1.54) is 4.90 Å². The van der Waals surface area contributed by atoms with E-state index in [9.17, 15) is 0 Å². The van der Waals surface area contributed by atoms with Crippen molar-refractivity contribution >= 4 is 27.7 Å². The van der Waals surface area contributed by atoms with E-state index in [2.05, 4.69) is 35.0 Å². The first-order valence-electron chi connectivity index (χ1n) is 5.88. The second kappa shape index (κ2) is 6.55. The molecule has 1 atom stereocenters. The third-order valence-corrected chi connectivity index (χ3v) is 4.95. The summed E-state index contributed by atoms with van der Waals surface area (Å²) in [4.78, 5) is 1.25. The van der Waals surface area contributed by atoms with Gasteiger partial charge in [-0.25, -0.2) is 0 Å². The third-order valence-electron chi connectivity index (χ3n) is 2.52. The molecular formula is C13H17BrO2S. The van der Waals surface area contributed by atoms with E-state index in [1.807, 2.05) is 17.8 Å². The number of thioether (sulfide) groups is 1. The van der Waals surface area contributed by atoms with Crippen molar-refractivity contribution in [3.63, 3.8) is 0 Å². The maximum Gasteiger partial charge on any atom is 0.162 e. The van der Waals surface area contributed by atoms with E-state index in [0.717, 1.165) is 42.2 Å². The lowest BCUT2D eigenvalue weighted by Gasteiger charge is -2.10. The van der Waals surface area contributed by atoms with Crippen LogP contribution in [0.2, 0.25) is 0 Å². The summed E-state index contributed by atoms with van der Waals surface area (Å²) in [6.45, 7) is 3.74. The zero-order chi connectivity index (χ0) is 12.1. The standard InChI is InChI=1S/C13H17BrO2S/c1-10(8-14)9-17-11-3-4-12-13(7-11)16-6-2-5-15-12/h3-4,7,10H,2,5-6,8-9H2,1H3. The SMILES string of the molecule is CC(CBr)CSc1ccc2c(c1)OCCCO2. The van der Waals surface area contributed by atoms with Crippen molar-refractivity contribution in [2.24, 2.45) is 5.92 Å². The summed E-state index contributed by atoms with van der Waals surface area (Å²) >= 11 is 5.37. The monoisotopic (exact) mass is 316 g/mol. The van der Waals surface area contributed by atoms with E-state index in [0.29, 0.717) is 5.92 Å². The van der Waals surface area contributed by atoms with Crippen LogP contribution in [-0.4, -0.2) is 24.3 Å². The van der Waals surface area contributed by atoms with Crippen LogP contribution < -0.4 is 9.47 Å². The Hall–Kier alpha value is -0.350. The van der Waals surface area contributed by atoms with Gasteiger partial charge >= 0.3 is 0 Å². The van der Waals surface area contributed by atoms with E-state index < -0.39 is 0 Å². The Kier molecular flexibility index (Phi) is 5.04. The van der Waals surface area contributed by atoms with E-state index in [4.69, 9.17) is 9.47 Å². The minimum absolute atomic E-state index is 0.677. The number of halogens is 1. The Balaban J connectivity index is 2.02. The fourth-order valence-corrected chi connectivity index (χ4v) is 3.00. The van der Waals surface area contributed by atoms with Crippen molar-refractivity contribution in [3.05, 3.63) is 18.2 Å². The van der Waals surface area contributed by atoms with Gasteiger partial charge in [0.05, 0.1) is 13.2 Å². The van der Waals surface area contributed by atoms with Gasteiger partial charge < -0.3 is 9.47 Å². The van der Waals surface area contributed by atoms with Gasteiger partial charge in [-0.3, -0.25) is 0 Å². The molecule has 1 aromatic rings. The average Bonchev–Trinajstić information content (AvgIpc) is 2.60. The number of ether oxygens (including phenoxy) is 2. The van der Waals surface area contributed by atoms with Crippen molar-refractivity contribution in [3.8, 4) is 11.5 Å². The lowest BCUT2D eigenvalue weighted by Crippen LogP contribution is -1.98. The van der Waals surface area contributed by atoms with Gasteiger partial charge in [0.15, 0.2) is 11.5 Å². The van der Waals surface area contributed by atoms with Gasteiger partial charge in [-0.2, -0.15) is 0 Å². The zero-order valence-corrected chi connectivity index (χ0v) is 12.4. The first-order valence-corrected chi connectivity index (χ1v) is 7.98. The number of alkyl halides is 1. The predicted molar refractivity (Wildman–Crippen MR) is 75.7 cm³/mol. The van der Waals surface area contributed by atoms with Crippen LogP contribution in [0.5, 0.6) is 11.5 Å². The van der Waals surface area contributed by atoms with Crippen LogP contribution >= 0.6 is 27.7 Å². The van der Waals surface area contributed by atoms with Crippen LogP contribution in [0, 0.1) is 5.92 Å². The molecule has 0 N–H and O–H groups in total. The van der Waals surface area contributed by atoms with Crippen LogP contribution in [0.25, 0.3) is 0 Å². The van der Waals surface area contributed by atoms with Crippen molar-refractivity contribution < 1.29 is 9.47 Å². The van der Waals surface area contributed by atoms with Gasteiger partial charge in [0.25, 0.3) is 0 Å². The van der Waals surface area contributed by atoms with Crippen molar-refractivity contribution in [2.75, 3.05) is 24.3 Å². The fraction of sp³-hybridized carbons (Fsp3) is 0.538. The predicted octanol–water partition coefficient (Wildman–Crippen LogP) is 3.97. The fourth-order valence-electron chi connectivity index (χ4n) is 1.52. The highest BCUT2D eigenvalue weighted by atomic mass is 79.9. The van der Waals surface area contributed by atoms with Crippen LogP contribution in [0.1, 0.15) is 13.3 Å². The molecule has 1 aliphatic heterocycles. The van der Waals surface area contributed by atoms with Crippen LogP contribution in [0.4, 0.5) is 0 Å². The van der Waals surface area contributed by atoms with Gasteiger partial charge in [-0.15, -0.1) is 11.8 Å². The molecule has 1 unspecified atom stereocenters. The molecule has 0 radical (unpaired) electrons. The van der Waals surface area contributed by atoms with Crippen LogP contribution in [0.15, 0.2) is 23.1 Å². The lowest BCUT2D eigenvalue weighted by atomic mass is 10.3. The Morgan fingerprint density at radius 3 is 2.82 bits per heavy atom. The summed E-state index contributed by atoms with van der Waals surface area (Å²) < 4.78 is 11.3. The second-order valence-electron chi connectivity index (χ2n) is 4.23. The van der Waals surface area contributed by atoms with Crippen molar-refractivity contribution in [1.82, 2.24) is 0 Å². The molecule has 0 aromatic heterocycles. The Bertz CT molecular complexity index is 370. The molecular weight excluding hydrogens is 300 g/mol. The topological polar surface area (TPSA) is 18.5 Å². The van der Waals surface area contributed by atoms with Gasteiger partial charge in [0.2, 0.25) is 0 Å². The van der Waals surface area contributed by atoms with Crippen molar-refractivity contribution in [1.29, 1.82) is 0 Å². The first-order chi connectivity index (χ1) is 8.29. The molecule has 2 rings (SSSR count). The number of hydrogen-bond donors (Lipinski definition) is 0. The quantitative estimate of drug-likeness (QED) is 0.618. The third kappa shape index (κ3) is 3.81. The molecule has 1 heterocycles. The van der Waals surface area contributed by atoms with Gasteiger partial charge in [-0.05, 0) is 24.1 Å². The van der Waals surface area contributed by atoms with E-state index in [1.54, 1.807) is 0 Å². The Morgan fingerprint density at radius 1 is 1.29 bits per heavy atom. The minimum atomic E-state index is 0.677. The molecule has 0 bridgehead atoms. The largest absolute Gasteiger partial charge is 0.490 e. The molecule has 17 heavy (non-hydrogen) atoms. The summed E-state index contributed by atoms with van der Waals surface area (Å²) in [5, 5.41) is 1.05. The number of fused-ring (bicyclic) bond motifs is 1. The van der Waals surface area contributed by atoms with Gasteiger partial charge in [0, 0.05) is 22.4 Å². The van der Waals surface area contributed by atoms with E-state index in [-0.39, 0.29) is 0 Å². The van der Waals surface area contributed by atoms with Crippen LogP contribution in [0.3, 0.4) is 0 Å². The molecule has 0 saturated heterocycles. The highest BCUT2D eigenvalue weighted by Gasteiger charge is 2.11. The Labute approximate surface area is 115 Å². The first kappa shape index (κ1) is 13.1. The molecule has 0 fully saturated rings. The number of rotatable bonds is 4.